The molecule has 1 saturated carbocycles. The van der Waals surface area contributed by atoms with Crippen LogP contribution in [0.5, 0.6) is 0 Å². The highest BCUT2D eigenvalue weighted by Gasteiger charge is 2.26. The van der Waals surface area contributed by atoms with Crippen molar-refractivity contribution in [2.45, 2.75) is 25.8 Å². The maximum absolute atomic E-state index is 10.9. The summed E-state index contributed by atoms with van der Waals surface area (Å²) in [5.74, 6) is 0.150. The second-order valence-electron chi connectivity index (χ2n) is 4.01. The number of aromatic nitrogens is 2. The molecule has 5 nitrogen and oxygen atoms in total. The van der Waals surface area contributed by atoms with Crippen molar-refractivity contribution in [1.82, 2.24) is 9.97 Å². The highest BCUT2D eigenvalue weighted by molar-refractivity contribution is 5.92. The number of aromatic carboxylic acids is 1. The third kappa shape index (κ3) is 2.06. The normalized spacial score (nSPS) is 24.3. The van der Waals surface area contributed by atoms with Gasteiger partial charge in [-0.3, -0.25) is 0 Å². The summed E-state index contributed by atoms with van der Waals surface area (Å²) >= 11 is 0. The first kappa shape index (κ1) is 9.89. The van der Waals surface area contributed by atoms with Gasteiger partial charge in [-0.15, -0.1) is 0 Å². The second-order valence-corrected chi connectivity index (χ2v) is 4.01. The van der Waals surface area contributed by atoms with Gasteiger partial charge >= 0.3 is 5.97 Å². The Morgan fingerprint density at radius 3 is 2.93 bits per heavy atom. The predicted octanol–water partition coefficient (Wildman–Crippen LogP) is 1.39. The number of carbonyl (C=O) groups is 1. The number of rotatable bonds is 3. The smallest absolute Gasteiger partial charge is 0.341 e. The number of hydrogen-bond donors (Lipinski definition) is 2. The molecule has 1 aromatic heterocycles. The third-order valence-electron chi connectivity index (χ3n) is 2.66. The Morgan fingerprint density at radius 1 is 1.60 bits per heavy atom. The van der Waals surface area contributed by atoms with Gasteiger partial charge in [0.05, 0.1) is 0 Å². The molecule has 0 atom stereocenters. The fraction of sp³-hybridized carbons (Fsp3) is 0.500. The topological polar surface area (TPSA) is 75.1 Å². The van der Waals surface area contributed by atoms with Crippen molar-refractivity contribution >= 4 is 11.8 Å². The number of carboxylic acids is 1. The maximum Gasteiger partial charge on any atom is 0.341 e. The first-order valence-electron chi connectivity index (χ1n) is 4.96. The Morgan fingerprint density at radius 2 is 2.33 bits per heavy atom. The van der Waals surface area contributed by atoms with Crippen molar-refractivity contribution in [1.29, 1.82) is 0 Å². The molecule has 1 heterocycles. The van der Waals surface area contributed by atoms with Gasteiger partial charge in [0.15, 0.2) is 0 Å². The van der Waals surface area contributed by atoms with E-state index in [0.29, 0.717) is 11.9 Å². The van der Waals surface area contributed by atoms with Gasteiger partial charge in [-0.25, -0.2) is 14.8 Å². The van der Waals surface area contributed by atoms with E-state index < -0.39 is 5.97 Å². The number of carboxylic acid groups (broad SMARTS) is 1. The summed E-state index contributed by atoms with van der Waals surface area (Å²) < 4.78 is 0. The second kappa shape index (κ2) is 3.84. The number of nitrogens with zero attached hydrogens (tertiary/aromatic N) is 2. The molecule has 0 saturated heterocycles. The standard InChI is InChI=1S/C10H13N3O2/c1-6-2-7(3-6)13-9-8(10(14)15)4-11-5-12-9/h4-7H,2-3H2,1H3,(H,14,15)(H,11,12,13). The van der Waals surface area contributed by atoms with E-state index in [1.54, 1.807) is 0 Å². The minimum Gasteiger partial charge on any atom is -0.477 e. The van der Waals surface area contributed by atoms with Crippen LogP contribution in [-0.2, 0) is 0 Å². The van der Waals surface area contributed by atoms with Crippen molar-refractivity contribution in [2.75, 3.05) is 5.32 Å². The van der Waals surface area contributed by atoms with E-state index in [0.717, 1.165) is 18.8 Å². The Balaban J connectivity index is 2.10. The zero-order chi connectivity index (χ0) is 10.8. The summed E-state index contributed by atoms with van der Waals surface area (Å²) in [7, 11) is 0. The van der Waals surface area contributed by atoms with Crippen LogP contribution in [0.25, 0.3) is 0 Å². The van der Waals surface area contributed by atoms with Crippen LogP contribution in [0, 0.1) is 5.92 Å². The van der Waals surface area contributed by atoms with Crippen LogP contribution in [0.4, 0.5) is 5.82 Å². The van der Waals surface area contributed by atoms with E-state index >= 15 is 0 Å². The van der Waals surface area contributed by atoms with E-state index in [1.807, 2.05) is 0 Å². The molecule has 2 rings (SSSR count). The third-order valence-corrected chi connectivity index (χ3v) is 2.66. The fourth-order valence-corrected chi connectivity index (χ4v) is 1.81. The molecular formula is C10H13N3O2. The molecule has 1 fully saturated rings. The van der Waals surface area contributed by atoms with Crippen LogP contribution in [-0.4, -0.2) is 27.1 Å². The summed E-state index contributed by atoms with van der Waals surface area (Å²) in [6, 6.07) is 0.355. The number of anilines is 1. The van der Waals surface area contributed by atoms with E-state index in [-0.39, 0.29) is 5.56 Å². The predicted molar refractivity (Wildman–Crippen MR) is 54.8 cm³/mol. The maximum atomic E-state index is 10.9. The molecule has 80 valence electrons. The first-order chi connectivity index (χ1) is 7.16. The largest absolute Gasteiger partial charge is 0.477 e. The number of hydrogen-bond acceptors (Lipinski definition) is 4. The van der Waals surface area contributed by atoms with Crippen molar-refractivity contribution in [3.05, 3.63) is 18.1 Å². The summed E-state index contributed by atoms with van der Waals surface area (Å²) in [5, 5.41) is 12.0. The Hall–Kier alpha value is -1.65. The minimum atomic E-state index is -0.995. The molecule has 0 bridgehead atoms. The van der Waals surface area contributed by atoms with Crippen LogP contribution < -0.4 is 5.32 Å². The van der Waals surface area contributed by atoms with Crippen LogP contribution >= 0.6 is 0 Å². The monoisotopic (exact) mass is 207 g/mol. The molecule has 0 unspecified atom stereocenters. The van der Waals surface area contributed by atoms with Gasteiger partial charge in [0.2, 0.25) is 0 Å². The van der Waals surface area contributed by atoms with E-state index in [9.17, 15) is 4.79 Å². The van der Waals surface area contributed by atoms with Crippen molar-refractivity contribution in [2.24, 2.45) is 5.92 Å². The zero-order valence-electron chi connectivity index (χ0n) is 8.47. The van der Waals surface area contributed by atoms with Crippen molar-refractivity contribution < 1.29 is 9.90 Å². The molecule has 0 amide bonds. The Labute approximate surface area is 87.6 Å². The highest BCUT2D eigenvalue weighted by atomic mass is 16.4. The van der Waals surface area contributed by atoms with Gasteiger partial charge < -0.3 is 10.4 Å². The summed E-state index contributed by atoms with van der Waals surface area (Å²) in [5.41, 5.74) is 0.136. The molecular weight excluding hydrogens is 194 g/mol. The summed E-state index contributed by atoms with van der Waals surface area (Å²) in [6.07, 6.45) is 4.82. The molecule has 2 N–H and O–H groups in total. The summed E-state index contributed by atoms with van der Waals surface area (Å²) in [4.78, 5) is 18.5. The van der Waals surface area contributed by atoms with Gasteiger partial charge in [0, 0.05) is 12.2 Å². The lowest BCUT2D eigenvalue weighted by Gasteiger charge is -2.33. The van der Waals surface area contributed by atoms with E-state index in [1.165, 1.54) is 12.5 Å². The van der Waals surface area contributed by atoms with Gasteiger partial charge in [-0.1, -0.05) is 6.92 Å². The highest BCUT2D eigenvalue weighted by Crippen LogP contribution is 2.29. The average molecular weight is 207 g/mol. The average Bonchev–Trinajstić information content (AvgIpc) is 2.16. The van der Waals surface area contributed by atoms with E-state index in [4.69, 9.17) is 5.11 Å². The molecule has 1 aliphatic carbocycles. The molecule has 15 heavy (non-hydrogen) atoms. The molecule has 1 aromatic rings. The molecule has 0 aromatic carbocycles. The van der Waals surface area contributed by atoms with Gasteiger partial charge in [0.1, 0.15) is 17.7 Å². The molecule has 0 spiro atoms. The SMILES string of the molecule is CC1CC(Nc2ncncc2C(=O)O)C1. The fourth-order valence-electron chi connectivity index (χ4n) is 1.81. The van der Waals surface area contributed by atoms with Crippen molar-refractivity contribution in [3.8, 4) is 0 Å². The first-order valence-corrected chi connectivity index (χ1v) is 4.96. The lowest BCUT2D eigenvalue weighted by molar-refractivity contribution is 0.0697. The lowest BCUT2D eigenvalue weighted by Crippen LogP contribution is -2.34. The lowest BCUT2D eigenvalue weighted by atomic mass is 9.82. The molecule has 0 radical (unpaired) electrons. The summed E-state index contributed by atoms with van der Waals surface area (Å²) in [6.45, 7) is 2.18. The van der Waals surface area contributed by atoms with Crippen LogP contribution in [0.1, 0.15) is 30.1 Å². The minimum absolute atomic E-state index is 0.136. The van der Waals surface area contributed by atoms with Crippen LogP contribution in [0.3, 0.4) is 0 Å². The van der Waals surface area contributed by atoms with E-state index in [2.05, 4.69) is 22.2 Å². The van der Waals surface area contributed by atoms with Crippen molar-refractivity contribution in [3.63, 3.8) is 0 Å². The quantitative estimate of drug-likeness (QED) is 0.783. The van der Waals surface area contributed by atoms with Crippen LogP contribution in [0.2, 0.25) is 0 Å². The van der Waals surface area contributed by atoms with Gasteiger partial charge in [-0.2, -0.15) is 0 Å². The molecule has 0 aliphatic heterocycles. The number of nitrogens with one attached hydrogen (secondary N) is 1. The Kier molecular flexibility index (Phi) is 2.53. The van der Waals surface area contributed by atoms with Crippen LogP contribution in [0.15, 0.2) is 12.5 Å². The van der Waals surface area contributed by atoms with Gasteiger partial charge in [-0.05, 0) is 18.8 Å². The van der Waals surface area contributed by atoms with Gasteiger partial charge in [0.25, 0.3) is 0 Å². The Bertz CT molecular complexity index is 375. The molecule has 5 heteroatoms. The molecule has 1 aliphatic rings. The zero-order valence-corrected chi connectivity index (χ0v) is 8.47.